The van der Waals surface area contributed by atoms with Crippen LogP contribution >= 0.6 is 0 Å². The Kier molecular flexibility index (Phi) is 3.91. The van der Waals surface area contributed by atoms with Crippen LogP contribution < -0.4 is 5.32 Å². The third kappa shape index (κ3) is 3.41. The molecule has 2 aromatic heterocycles. The predicted octanol–water partition coefficient (Wildman–Crippen LogP) is 0.458. The second kappa shape index (κ2) is 5.80. The first-order chi connectivity index (χ1) is 9.16. The third-order valence-corrected chi connectivity index (χ3v) is 2.38. The van der Waals surface area contributed by atoms with Gasteiger partial charge < -0.3 is 14.8 Å². The molecule has 0 atom stereocenters. The molecule has 3 N–H and O–H groups in total. The van der Waals surface area contributed by atoms with E-state index >= 15 is 0 Å². The van der Waals surface area contributed by atoms with E-state index in [1.54, 1.807) is 0 Å². The molecule has 0 aromatic carbocycles. The SMILES string of the molecule is O=C(O)c1ccc(C(=O)NCCCc2ncn[nH]2)o1. The number of nitrogens with zero attached hydrogens (tertiary/aromatic N) is 2. The summed E-state index contributed by atoms with van der Waals surface area (Å²) in [5.41, 5.74) is 0. The molecular weight excluding hydrogens is 252 g/mol. The predicted molar refractivity (Wildman–Crippen MR) is 62.7 cm³/mol. The van der Waals surface area contributed by atoms with E-state index in [4.69, 9.17) is 9.52 Å². The molecule has 0 fully saturated rings. The van der Waals surface area contributed by atoms with Gasteiger partial charge in [-0.15, -0.1) is 0 Å². The van der Waals surface area contributed by atoms with Crippen molar-refractivity contribution in [2.45, 2.75) is 12.8 Å². The van der Waals surface area contributed by atoms with Gasteiger partial charge in [-0.25, -0.2) is 9.78 Å². The van der Waals surface area contributed by atoms with Gasteiger partial charge in [-0.2, -0.15) is 5.10 Å². The largest absolute Gasteiger partial charge is 0.475 e. The van der Waals surface area contributed by atoms with Gasteiger partial charge in [-0.3, -0.25) is 9.89 Å². The maximum Gasteiger partial charge on any atom is 0.371 e. The van der Waals surface area contributed by atoms with Crippen LogP contribution in [-0.4, -0.2) is 38.7 Å². The minimum atomic E-state index is -1.20. The van der Waals surface area contributed by atoms with Crippen LogP contribution in [0, 0.1) is 0 Å². The summed E-state index contributed by atoms with van der Waals surface area (Å²) in [6, 6.07) is 2.57. The molecular formula is C11H12N4O4. The quantitative estimate of drug-likeness (QED) is 0.651. The van der Waals surface area contributed by atoms with Gasteiger partial charge in [0.2, 0.25) is 5.76 Å². The van der Waals surface area contributed by atoms with Crippen molar-refractivity contribution in [3.05, 3.63) is 35.8 Å². The molecule has 2 rings (SSSR count). The van der Waals surface area contributed by atoms with E-state index in [0.29, 0.717) is 19.4 Å². The lowest BCUT2D eigenvalue weighted by Gasteiger charge is -2.01. The van der Waals surface area contributed by atoms with E-state index in [1.807, 2.05) is 0 Å². The van der Waals surface area contributed by atoms with Crippen LogP contribution in [0.2, 0.25) is 0 Å². The summed E-state index contributed by atoms with van der Waals surface area (Å²) < 4.78 is 4.87. The highest BCUT2D eigenvalue weighted by Gasteiger charge is 2.14. The number of carbonyl (C=O) groups is 2. The maximum atomic E-state index is 11.6. The molecule has 8 heteroatoms. The molecule has 0 unspecified atom stereocenters. The van der Waals surface area contributed by atoms with E-state index < -0.39 is 11.9 Å². The van der Waals surface area contributed by atoms with Gasteiger partial charge >= 0.3 is 5.97 Å². The number of hydrogen-bond donors (Lipinski definition) is 3. The Labute approximate surface area is 107 Å². The van der Waals surface area contributed by atoms with Gasteiger partial charge in [0.1, 0.15) is 12.2 Å². The van der Waals surface area contributed by atoms with Crippen molar-refractivity contribution in [3.63, 3.8) is 0 Å². The summed E-state index contributed by atoms with van der Waals surface area (Å²) in [6.07, 6.45) is 2.77. The fourth-order valence-electron chi connectivity index (χ4n) is 1.47. The van der Waals surface area contributed by atoms with Crippen LogP contribution in [0.4, 0.5) is 0 Å². The Morgan fingerprint density at radius 3 is 2.79 bits per heavy atom. The number of carbonyl (C=O) groups excluding carboxylic acids is 1. The highest BCUT2D eigenvalue weighted by atomic mass is 16.4. The van der Waals surface area contributed by atoms with Crippen molar-refractivity contribution < 1.29 is 19.1 Å². The third-order valence-electron chi connectivity index (χ3n) is 2.38. The van der Waals surface area contributed by atoms with Crippen LogP contribution in [0.15, 0.2) is 22.9 Å². The summed E-state index contributed by atoms with van der Waals surface area (Å²) in [7, 11) is 0. The minimum absolute atomic E-state index is 0.0166. The van der Waals surface area contributed by atoms with Gasteiger partial charge in [-0.05, 0) is 18.6 Å². The fourth-order valence-corrected chi connectivity index (χ4v) is 1.47. The molecule has 1 amide bonds. The molecule has 0 saturated carbocycles. The fraction of sp³-hybridized carbons (Fsp3) is 0.273. The highest BCUT2D eigenvalue weighted by Crippen LogP contribution is 2.07. The topological polar surface area (TPSA) is 121 Å². The lowest BCUT2D eigenvalue weighted by atomic mass is 10.3. The normalized spacial score (nSPS) is 10.3. The minimum Gasteiger partial charge on any atom is -0.475 e. The zero-order valence-electron chi connectivity index (χ0n) is 9.92. The molecule has 2 heterocycles. The molecule has 2 aromatic rings. The van der Waals surface area contributed by atoms with Crippen LogP contribution in [-0.2, 0) is 6.42 Å². The number of rotatable bonds is 6. The van der Waals surface area contributed by atoms with Crippen LogP contribution in [0.25, 0.3) is 0 Å². The number of amides is 1. The molecule has 0 saturated heterocycles. The zero-order chi connectivity index (χ0) is 13.7. The summed E-state index contributed by atoms with van der Waals surface area (Å²) >= 11 is 0. The average Bonchev–Trinajstić information content (AvgIpc) is 3.05. The van der Waals surface area contributed by atoms with Gasteiger partial charge in [0.15, 0.2) is 5.76 Å². The first-order valence-electron chi connectivity index (χ1n) is 5.62. The van der Waals surface area contributed by atoms with Gasteiger partial charge in [0.25, 0.3) is 5.91 Å². The van der Waals surface area contributed by atoms with Gasteiger partial charge in [0.05, 0.1) is 0 Å². The van der Waals surface area contributed by atoms with Crippen LogP contribution in [0.3, 0.4) is 0 Å². The number of aromatic carboxylic acids is 1. The van der Waals surface area contributed by atoms with E-state index in [1.165, 1.54) is 18.5 Å². The van der Waals surface area contributed by atoms with E-state index in [2.05, 4.69) is 20.5 Å². The number of hydrogen-bond acceptors (Lipinski definition) is 5. The van der Waals surface area contributed by atoms with Crippen molar-refractivity contribution in [3.8, 4) is 0 Å². The van der Waals surface area contributed by atoms with Crippen molar-refractivity contribution in [2.75, 3.05) is 6.54 Å². The first-order valence-corrected chi connectivity index (χ1v) is 5.62. The number of carboxylic acids is 1. The Bertz CT molecular complexity index is 561. The molecule has 8 nitrogen and oxygen atoms in total. The molecule has 0 aliphatic carbocycles. The number of aryl methyl sites for hydroxylation is 1. The zero-order valence-corrected chi connectivity index (χ0v) is 9.92. The molecule has 19 heavy (non-hydrogen) atoms. The van der Waals surface area contributed by atoms with Gasteiger partial charge in [-0.1, -0.05) is 0 Å². The van der Waals surface area contributed by atoms with Crippen molar-refractivity contribution in [1.82, 2.24) is 20.5 Å². The molecule has 0 radical (unpaired) electrons. The molecule has 100 valence electrons. The Hall–Kier alpha value is -2.64. The Morgan fingerprint density at radius 2 is 2.16 bits per heavy atom. The molecule has 0 bridgehead atoms. The second-order valence-electron chi connectivity index (χ2n) is 3.76. The Morgan fingerprint density at radius 1 is 1.37 bits per heavy atom. The number of carboxylic acid groups (broad SMARTS) is 1. The molecule has 0 aliphatic rings. The first kappa shape index (κ1) is 12.8. The standard InChI is InChI=1S/C11H12N4O4/c16-10(7-3-4-8(19-7)11(17)18)12-5-1-2-9-13-6-14-15-9/h3-4,6H,1-2,5H2,(H,12,16)(H,17,18)(H,13,14,15). The van der Waals surface area contributed by atoms with Gasteiger partial charge in [0, 0.05) is 13.0 Å². The smallest absolute Gasteiger partial charge is 0.371 e. The summed E-state index contributed by atoms with van der Waals surface area (Å²) in [5.74, 6) is -1.17. The monoisotopic (exact) mass is 264 g/mol. The molecule has 0 aliphatic heterocycles. The maximum absolute atomic E-state index is 11.6. The lowest BCUT2D eigenvalue weighted by Crippen LogP contribution is -2.24. The summed E-state index contributed by atoms with van der Waals surface area (Å²) in [6.45, 7) is 0.433. The second-order valence-corrected chi connectivity index (χ2v) is 3.76. The summed E-state index contributed by atoms with van der Waals surface area (Å²) in [5, 5.41) is 17.7. The van der Waals surface area contributed by atoms with E-state index in [9.17, 15) is 9.59 Å². The number of nitrogens with one attached hydrogen (secondary N) is 2. The molecule has 0 spiro atoms. The van der Waals surface area contributed by atoms with E-state index in [-0.39, 0.29) is 11.5 Å². The van der Waals surface area contributed by atoms with Crippen molar-refractivity contribution in [1.29, 1.82) is 0 Å². The number of furan rings is 1. The average molecular weight is 264 g/mol. The van der Waals surface area contributed by atoms with Crippen LogP contribution in [0.5, 0.6) is 0 Å². The lowest BCUT2D eigenvalue weighted by molar-refractivity contribution is 0.0659. The Balaban J connectivity index is 1.76. The number of aromatic amines is 1. The summed E-state index contributed by atoms with van der Waals surface area (Å²) in [4.78, 5) is 26.1. The highest BCUT2D eigenvalue weighted by molar-refractivity contribution is 5.93. The van der Waals surface area contributed by atoms with Crippen molar-refractivity contribution in [2.24, 2.45) is 0 Å². The number of H-pyrrole nitrogens is 1. The van der Waals surface area contributed by atoms with Crippen molar-refractivity contribution >= 4 is 11.9 Å². The van der Waals surface area contributed by atoms with Crippen LogP contribution in [0.1, 0.15) is 33.4 Å². The number of aromatic nitrogens is 3. The van der Waals surface area contributed by atoms with E-state index in [0.717, 1.165) is 5.82 Å².